The molecule has 2 rings (SSSR count). The molecule has 3 atom stereocenters. The van der Waals surface area contributed by atoms with Crippen LogP contribution in [0.5, 0.6) is 0 Å². The van der Waals surface area contributed by atoms with E-state index in [-0.39, 0.29) is 29.8 Å². The Kier molecular flexibility index (Phi) is 2.94. The largest absolute Gasteiger partial charge is 0.430 e. The monoisotopic (exact) mass is 223 g/mol. The number of rotatable bonds is 2. The molecule has 0 aromatic carbocycles. The second kappa shape index (κ2) is 4.23. The lowest BCUT2D eigenvalue weighted by Crippen LogP contribution is -2.44. The fourth-order valence-corrected chi connectivity index (χ4v) is 2.85. The van der Waals surface area contributed by atoms with E-state index in [0.29, 0.717) is 0 Å². The molecule has 5 heteroatoms. The molecule has 5 nitrogen and oxygen atoms in total. The van der Waals surface area contributed by atoms with Crippen LogP contribution in [0.25, 0.3) is 0 Å². The number of nitrogens with one attached hydrogen (secondary N) is 2. The van der Waals surface area contributed by atoms with Gasteiger partial charge in [-0.3, -0.25) is 15.6 Å². The molecule has 2 fully saturated rings. The summed E-state index contributed by atoms with van der Waals surface area (Å²) < 4.78 is 5.04. The van der Waals surface area contributed by atoms with Gasteiger partial charge in [0.1, 0.15) is 0 Å². The summed E-state index contributed by atoms with van der Waals surface area (Å²) in [5.41, 5.74) is 0. The van der Waals surface area contributed by atoms with Gasteiger partial charge in [0.15, 0.2) is 11.8 Å². The smallest absolute Gasteiger partial charge is 0.210 e. The molecular weight excluding hydrogens is 206 g/mol. The highest BCUT2D eigenvalue weighted by atomic mass is 16.5. The topological polar surface area (TPSA) is 77.2 Å². The van der Waals surface area contributed by atoms with E-state index in [4.69, 9.17) is 15.6 Å². The zero-order valence-electron chi connectivity index (χ0n) is 9.40. The van der Waals surface area contributed by atoms with Crippen molar-refractivity contribution in [3.05, 3.63) is 0 Å². The quantitative estimate of drug-likeness (QED) is 0.421. The van der Waals surface area contributed by atoms with E-state index < -0.39 is 0 Å². The van der Waals surface area contributed by atoms with Crippen LogP contribution < -0.4 is 0 Å². The highest BCUT2D eigenvalue weighted by molar-refractivity contribution is 5.88. The van der Waals surface area contributed by atoms with E-state index in [2.05, 4.69) is 0 Å². The number of carbonyl (C=O) groups excluding carboxylic acids is 1. The third kappa shape index (κ3) is 1.94. The minimum Gasteiger partial charge on any atom is -0.430 e. The van der Waals surface area contributed by atoms with Crippen LogP contribution in [0.1, 0.15) is 32.6 Å². The molecule has 0 aromatic rings. The molecule has 2 saturated heterocycles. The third-order valence-electron chi connectivity index (χ3n) is 3.55. The fraction of sp³-hybridized carbons (Fsp3) is 0.727. The van der Waals surface area contributed by atoms with Crippen molar-refractivity contribution in [2.75, 3.05) is 0 Å². The molecule has 1 unspecified atom stereocenters. The Balaban J connectivity index is 1.99. The van der Waals surface area contributed by atoms with E-state index in [1.807, 2.05) is 4.90 Å². The van der Waals surface area contributed by atoms with Crippen molar-refractivity contribution < 1.29 is 9.53 Å². The number of carbonyl (C=O) groups is 1. The highest BCUT2D eigenvalue weighted by Gasteiger charge is 2.41. The Bertz CT molecular complexity index is 315. The van der Waals surface area contributed by atoms with Crippen LogP contribution in [0.3, 0.4) is 0 Å². The molecule has 88 valence electrons. The van der Waals surface area contributed by atoms with Crippen molar-refractivity contribution in [3.63, 3.8) is 0 Å². The molecule has 2 heterocycles. The van der Waals surface area contributed by atoms with Crippen LogP contribution in [0.15, 0.2) is 0 Å². The van der Waals surface area contributed by atoms with Crippen molar-refractivity contribution in [2.24, 2.45) is 5.92 Å². The SMILES string of the molecule is CC(=N)OC(=N)C1C[C@H]2CC[C@@H](C1)N2C=O. The second-order valence-corrected chi connectivity index (χ2v) is 4.63. The Hall–Kier alpha value is -1.39. The van der Waals surface area contributed by atoms with Gasteiger partial charge in [0.05, 0.1) is 0 Å². The molecule has 1 amide bonds. The highest BCUT2D eigenvalue weighted by Crippen LogP contribution is 2.38. The Morgan fingerprint density at radius 2 is 1.88 bits per heavy atom. The predicted octanol–water partition coefficient (Wildman–Crippen LogP) is 1.38. The van der Waals surface area contributed by atoms with Gasteiger partial charge in [0.2, 0.25) is 6.41 Å². The maximum Gasteiger partial charge on any atom is 0.210 e. The lowest BCUT2D eigenvalue weighted by molar-refractivity contribution is -0.122. The second-order valence-electron chi connectivity index (χ2n) is 4.63. The summed E-state index contributed by atoms with van der Waals surface area (Å²) in [4.78, 5) is 12.8. The number of ether oxygens (including phenoxy) is 1. The average molecular weight is 223 g/mol. The van der Waals surface area contributed by atoms with E-state index in [1.54, 1.807) is 0 Å². The predicted molar refractivity (Wildman–Crippen MR) is 59.6 cm³/mol. The number of piperidine rings is 1. The minimum absolute atomic E-state index is 0.0650. The van der Waals surface area contributed by atoms with E-state index >= 15 is 0 Å². The molecule has 0 spiro atoms. The summed E-state index contributed by atoms with van der Waals surface area (Å²) in [6.07, 6.45) is 4.63. The van der Waals surface area contributed by atoms with Crippen LogP contribution in [0, 0.1) is 16.7 Å². The lowest BCUT2D eigenvalue weighted by Gasteiger charge is -2.36. The van der Waals surface area contributed by atoms with Gasteiger partial charge in [0.25, 0.3) is 0 Å². The molecule has 2 aliphatic heterocycles. The van der Waals surface area contributed by atoms with Crippen molar-refractivity contribution in [3.8, 4) is 0 Å². The van der Waals surface area contributed by atoms with Gasteiger partial charge in [-0.05, 0) is 25.7 Å². The number of hydrogen-bond acceptors (Lipinski definition) is 4. The van der Waals surface area contributed by atoms with Gasteiger partial charge in [-0.2, -0.15) is 0 Å². The molecule has 2 bridgehead atoms. The first-order valence-electron chi connectivity index (χ1n) is 5.66. The van der Waals surface area contributed by atoms with Gasteiger partial charge in [-0.25, -0.2) is 0 Å². The van der Waals surface area contributed by atoms with Crippen LogP contribution in [0.2, 0.25) is 0 Å². The number of hydrogen-bond donors (Lipinski definition) is 2. The van der Waals surface area contributed by atoms with Gasteiger partial charge < -0.3 is 9.64 Å². The van der Waals surface area contributed by atoms with Crippen LogP contribution >= 0.6 is 0 Å². The van der Waals surface area contributed by atoms with Gasteiger partial charge in [-0.15, -0.1) is 0 Å². The first kappa shape index (κ1) is 11.1. The van der Waals surface area contributed by atoms with E-state index in [0.717, 1.165) is 32.1 Å². The Morgan fingerprint density at radius 3 is 2.31 bits per heavy atom. The summed E-state index contributed by atoms with van der Waals surface area (Å²) in [7, 11) is 0. The van der Waals surface area contributed by atoms with Crippen LogP contribution in [0.4, 0.5) is 0 Å². The zero-order valence-corrected chi connectivity index (χ0v) is 9.40. The molecular formula is C11H17N3O2. The first-order chi connectivity index (χ1) is 7.61. The molecule has 16 heavy (non-hydrogen) atoms. The Morgan fingerprint density at radius 1 is 1.31 bits per heavy atom. The normalized spacial score (nSPS) is 32.3. The first-order valence-corrected chi connectivity index (χ1v) is 5.66. The zero-order chi connectivity index (χ0) is 11.7. The number of amides is 1. The number of nitrogens with zero attached hydrogens (tertiary/aromatic N) is 1. The molecule has 0 saturated carbocycles. The molecule has 2 aliphatic rings. The van der Waals surface area contributed by atoms with Gasteiger partial charge >= 0.3 is 0 Å². The van der Waals surface area contributed by atoms with E-state index in [9.17, 15) is 4.79 Å². The summed E-state index contributed by atoms with van der Waals surface area (Å²) >= 11 is 0. The lowest BCUT2D eigenvalue weighted by atomic mass is 9.91. The maximum atomic E-state index is 10.9. The van der Waals surface area contributed by atoms with Crippen molar-refractivity contribution in [1.82, 2.24) is 4.90 Å². The molecule has 2 N–H and O–H groups in total. The summed E-state index contributed by atoms with van der Waals surface area (Å²) in [6.45, 7) is 1.53. The van der Waals surface area contributed by atoms with E-state index in [1.165, 1.54) is 6.92 Å². The maximum absolute atomic E-state index is 10.9. The fourth-order valence-electron chi connectivity index (χ4n) is 2.85. The minimum atomic E-state index is 0.0650. The van der Waals surface area contributed by atoms with Gasteiger partial charge in [0, 0.05) is 24.9 Å². The molecule has 0 radical (unpaired) electrons. The summed E-state index contributed by atoms with van der Waals surface area (Å²) in [6, 6.07) is 0.549. The van der Waals surface area contributed by atoms with Crippen LogP contribution in [-0.4, -0.2) is 35.2 Å². The molecule has 0 aliphatic carbocycles. The third-order valence-corrected chi connectivity index (χ3v) is 3.55. The van der Waals surface area contributed by atoms with Crippen molar-refractivity contribution >= 4 is 18.2 Å². The van der Waals surface area contributed by atoms with Crippen molar-refractivity contribution in [1.29, 1.82) is 10.8 Å². The summed E-state index contributed by atoms with van der Waals surface area (Å²) in [5, 5.41) is 15.0. The van der Waals surface area contributed by atoms with Crippen molar-refractivity contribution in [2.45, 2.75) is 44.7 Å². The Labute approximate surface area is 94.8 Å². The standard InChI is InChI=1S/C11H17N3O2/c1-7(12)16-11(13)8-4-9-2-3-10(5-8)14(9)6-15/h6,8-10,12-13H,2-5H2,1H3/t8?,9-,10+. The number of fused-ring (bicyclic) bond motifs is 2. The summed E-state index contributed by atoms with van der Waals surface area (Å²) in [5.74, 6) is 0.333. The van der Waals surface area contributed by atoms with Gasteiger partial charge in [-0.1, -0.05) is 0 Å². The average Bonchev–Trinajstić information content (AvgIpc) is 2.46. The van der Waals surface area contributed by atoms with Crippen LogP contribution in [-0.2, 0) is 9.53 Å². The molecule has 0 aromatic heterocycles.